The Bertz CT molecular complexity index is 168. The maximum absolute atomic E-state index is 4.17. The number of nitrogens with zero attached hydrogens (tertiary/aromatic N) is 2. The van der Waals surface area contributed by atoms with Crippen LogP contribution < -0.4 is 0 Å². The molecule has 0 aromatic heterocycles. The van der Waals surface area contributed by atoms with Gasteiger partial charge < -0.3 is 0 Å². The molecule has 78 valence electrons. The molecule has 0 aliphatic rings. The first-order chi connectivity index (χ1) is 5.89. The molecular weight excluding hydrogens is 176 g/mol. The van der Waals surface area contributed by atoms with Gasteiger partial charge >= 0.3 is 0 Å². The Morgan fingerprint density at radius 3 is 1.69 bits per heavy atom. The van der Waals surface area contributed by atoms with E-state index in [1.807, 2.05) is 0 Å². The minimum atomic E-state index is 0.0843. The second kappa shape index (κ2) is 4.93. The second-order valence-electron chi connectivity index (χ2n) is 4.14. The molecule has 0 aromatic rings. The van der Waals surface area contributed by atoms with Crippen LogP contribution in [0.4, 0.5) is 0 Å². The van der Waals surface area contributed by atoms with E-state index >= 15 is 0 Å². The summed E-state index contributed by atoms with van der Waals surface area (Å²) in [7, 11) is 9.61. The minimum Gasteiger partial charge on any atom is -0.288 e. The van der Waals surface area contributed by atoms with Crippen LogP contribution in [0.2, 0.25) is 0 Å². The topological polar surface area (TPSA) is 6.48 Å². The van der Waals surface area contributed by atoms with Crippen LogP contribution in [0.5, 0.6) is 0 Å². The van der Waals surface area contributed by atoms with Crippen LogP contribution in [0.15, 0.2) is 11.8 Å². The Morgan fingerprint density at radius 1 is 1.23 bits per heavy atom. The van der Waals surface area contributed by atoms with E-state index in [1.165, 1.54) is 11.6 Å². The molecule has 0 unspecified atom stereocenters. The molecule has 0 heterocycles. The van der Waals surface area contributed by atoms with E-state index in [-0.39, 0.29) is 5.66 Å². The largest absolute Gasteiger partial charge is 0.288 e. The molecule has 0 rings (SSSR count). The van der Waals surface area contributed by atoms with Crippen LogP contribution in [0.3, 0.4) is 0 Å². The van der Waals surface area contributed by atoms with E-state index in [0.717, 1.165) is 16.7 Å². The Hall–Kier alpha value is -0.123. The molecule has 0 aliphatic carbocycles. The van der Waals surface area contributed by atoms with Crippen molar-refractivity contribution in [3.63, 3.8) is 0 Å². The van der Waals surface area contributed by atoms with Crippen LogP contribution in [0.25, 0.3) is 0 Å². The van der Waals surface area contributed by atoms with E-state index in [4.69, 9.17) is 0 Å². The van der Waals surface area contributed by atoms with Crippen LogP contribution in [0, 0.1) is 0 Å². The summed E-state index contributed by atoms with van der Waals surface area (Å²) in [4.78, 5) is 4.57. The maximum atomic E-state index is 4.17. The molecule has 0 amide bonds. The SMILES string of the molecule is C=C([SiH3])C(CCC)(N(C)C)N(C)C. The van der Waals surface area contributed by atoms with Crippen LogP contribution in [-0.2, 0) is 0 Å². The summed E-state index contributed by atoms with van der Waals surface area (Å²) in [5.74, 6) is 0. The second-order valence-corrected chi connectivity index (χ2v) is 5.34. The maximum Gasteiger partial charge on any atom is 0.0900 e. The van der Waals surface area contributed by atoms with Crippen LogP contribution >= 0.6 is 0 Å². The molecule has 2 nitrogen and oxygen atoms in total. The molecule has 0 fully saturated rings. The van der Waals surface area contributed by atoms with Gasteiger partial charge in [0.15, 0.2) is 0 Å². The number of rotatable bonds is 5. The highest BCUT2D eigenvalue weighted by molar-refractivity contribution is 6.22. The molecule has 13 heavy (non-hydrogen) atoms. The van der Waals surface area contributed by atoms with Crippen molar-refractivity contribution in [1.82, 2.24) is 9.80 Å². The highest BCUT2D eigenvalue weighted by Crippen LogP contribution is 2.27. The summed E-state index contributed by atoms with van der Waals surface area (Å²) in [5, 5.41) is 1.35. The van der Waals surface area contributed by atoms with Crippen LogP contribution in [-0.4, -0.2) is 53.9 Å². The third-order valence-electron chi connectivity index (χ3n) is 2.76. The van der Waals surface area contributed by atoms with Gasteiger partial charge in [-0.3, -0.25) is 9.80 Å². The van der Waals surface area contributed by atoms with E-state index in [2.05, 4.69) is 51.5 Å². The Balaban J connectivity index is 4.93. The van der Waals surface area contributed by atoms with Crippen molar-refractivity contribution in [3.05, 3.63) is 11.8 Å². The average Bonchev–Trinajstić information content (AvgIpc) is 1.97. The Kier molecular flexibility index (Phi) is 4.89. The predicted molar refractivity (Wildman–Crippen MR) is 64.1 cm³/mol. The number of hydrogen-bond acceptors (Lipinski definition) is 2. The fourth-order valence-electron chi connectivity index (χ4n) is 2.17. The first-order valence-corrected chi connectivity index (χ1v) is 5.90. The first kappa shape index (κ1) is 12.9. The zero-order valence-corrected chi connectivity index (χ0v) is 12.0. The number of likely N-dealkylation sites (N-methyl/N-ethyl adjacent to an activating group) is 2. The number of hydrogen-bond donors (Lipinski definition) is 0. The Morgan fingerprint density at radius 2 is 1.62 bits per heavy atom. The van der Waals surface area contributed by atoms with Crippen LogP contribution in [0.1, 0.15) is 19.8 Å². The summed E-state index contributed by atoms with van der Waals surface area (Å²) in [6.07, 6.45) is 2.35. The predicted octanol–water partition coefficient (Wildman–Crippen LogP) is 0.485. The van der Waals surface area contributed by atoms with E-state index < -0.39 is 0 Å². The zero-order valence-electron chi connectivity index (χ0n) is 10.0. The van der Waals surface area contributed by atoms with Gasteiger partial charge in [0.25, 0.3) is 0 Å². The lowest BCUT2D eigenvalue weighted by Crippen LogP contribution is -2.56. The molecule has 0 bridgehead atoms. The van der Waals surface area contributed by atoms with Crippen molar-refractivity contribution in [2.24, 2.45) is 0 Å². The third-order valence-corrected chi connectivity index (χ3v) is 3.56. The molecule has 0 spiro atoms. The van der Waals surface area contributed by atoms with Gasteiger partial charge in [0.05, 0.1) is 5.66 Å². The van der Waals surface area contributed by atoms with Gasteiger partial charge in [-0.25, -0.2) is 0 Å². The monoisotopic (exact) mass is 200 g/mol. The molecule has 0 N–H and O–H groups in total. The highest BCUT2D eigenvalue weighted by Gasteiger charge is 2.34. The van der Waals surface area contributed by atoms with E-state index in [9.17, 15) is 0 Å². The summed E-state index contributed by atoms with van der Waals surface area (Å²) in [6.45, 7) is 6.40. The lowest BCUT2D eigenvalue weighted by molar-refractivity contribution is 0.0371. The van der Waals surface area contributed by atoms with Crippen molar-refractivity contribution in [1.29, 1.82) is 0 Å². The van der Waals surface area contributed by atoms with Gasteiger partial charge in [0.2, 0.25) is 0 Å². The third kappa shape index (κ3) is 2.42. The van der Waals surface area contributed by atoms with Crippen molar-refractivity contribution in [3.8, 4) is 0 Å². The molecule has 0 radical (unpaired) electrons. The van der Waals surface area contributed by atoms with Gasteiger partial charge in [-0.2, -0.15) is 0 Å². The van der Waals surface area contributed by atoms with Crippen molar-refractivity contribution >= 4 is 10.2 Å². The first-order valence-electron chi connectivity index (χ1n) is 4.90. The highest BCUT2D eigenvalue weighted by atomic mass is 28.1. The molecule has 0 aromatic carbocycles. The lowest BCUT2D eigenvalue weighted by Gasteiger charge is -2.46. The summed E-state index contributed by atoms with van der Waals surface area (Å²) < 4.78 is 0. The minimum absolute atomic E-state index is 0.0843. The molecular formula is C10H24N2Si. The van der Waals surface area contributed by atoms with Crippen molar-refractivity contribution in [2.75, 3.05) is 28.2 Å². The van der Waals surface area contributed by atoms with Gasteiger partial charge in [0, 0.05) is 10.2 Å². The van der Waals surface area contributed by atoms with Gasteiger partial charge in [0.1, 0.15) is 0 Å². The van der Waals surface area contributed by atoms with Crippen molar-refractivity contribution in [2.45, 2.75) is 25.4 Å². The van der Waals surface area contributed by atoms with Gasteiger partial charge in [-0.15, -0.1) is 6.58 Å². The zero-order chi connectivity index (χ0) is 10.6. The average molecular weight is 200 g/mol. The lowest BCUT2D eigenvalue weighted by atomic mass is 10.0. The summed E-state index contributed by atoms with van der Waals surface area (Å²) in [6, 6.07) is 0. The normalized spacial score (nSPS) is 12.8. The molecule has 0 atom stereocenters. The summed E-state index contributed by atoms with van der Waals surface area (Å²) in [5.41, 5.74) is 0.0843. The quantitative estimate of drug-likeness (QED) is 0.471. The van der Waals surface area contributed by atoms with Gasteiger partial charge in [-0.05, 0) is 34.6 Å². The fraction of sp³-hybridized carbons (Fsp3) is 0.800. The fourth-order valence-corrected chi connectivity index (χ4v) is 3.32. The smallest absolute Gasteiger partial charge is 0.0900 e. The standard InChI is InChI=1S/C10H24N2Si/c1-7-8-10(9(2)13,11(3)4)12(5)6/h2,7-8H2,1,3-6,13H3. The molecule has 0 aliphatic heterocycles. The summed E-state index contributed by atoms with van der Waals surface area (Å²) >= 11 is 0. The van der Waals surface area contributed by atoms with E-state index in [1.54, 1.807) is 0 Å². The van der Waals surface area contributed by atoms with Gasteiger partial charge in [-0.1, -0.05) is 18.5 Å². The van der Waals surface area contributed by atoms with E-state index in [0.29, 0.717) is 0 Å². The molecule has 0 saturated carbocycles. The Labute approximate surface area is 86.0 Å². The van der Waals surface area contributed by atoms with Crippen molar-refractivity contribution < 1.29 is 0 Å². The molecule has 3 heteroatoms. The molecule has 0 saturated heterocycles.